The summed E-state index contributed by atoms with van der Waals surface area (Å²) in [6, 6.07) is 23.5. The molecule has 1 N–H and O–H groups in total. The van der Waals surface area contributed by atoms with Gasteiger partial charge >= 0.3 is 7.60 Å². The van der Waals surface area contributed by atoms with Gasteiger partial charge in [0.1, 0.15) is 11.5 Å². The zero-order chi connectivity index (χ0) is 22.1. The Morgan fingerprint density at radius 3 is 2.13 bits per heavy atom. The Kier molecular flexibility index (Phi) is 8.01. The van der Waals surface area contributed by atoms with Crippen LogP contribution in [0.25, 0.3) is 0 Å². The minimum absolute atomic E-state index is 0.143. The maximum absolute atomic E-state index is 12.8. The number of ether oxygens (including phenoxy) is 1. The molecule has 162 valence electrons. The standard InChI is InChI=1S/C24H26NO5P/c1-3-28-31(27,29-4-2)18-19-9-8-10-21(17-19)25-24(26)20-13-15-23(16-14-20)30-22-11-6-5-7-12-22/h5-17H,3-4,18H2,1-2H3,(H,25,26). The molecule has 6 nitrogen and oxygen atoms in total. The Bertz CT molecular complexity index is 1030. The van der Waals surface area contributed by atoms with Crippen LogP contribution in [0.3, 0.4) is 0 Å². The number of nitrogens with one attached hydrogen (secondary N) is 1. The summed E-state index contributed by atoms with van der Waals surface area (Å²) >= 11 is 0. The van der Waals surface area contributed by atoms with E-state index in [9.17, 15) is 9.36 Å². The van der Waals surface area contributed by atoms with Gasteiger partial charge in [-0.3, -0.25) is 9.36 Å². The van der Waals surface area contributed by atoms with E-state index in [1.807, 2.05) is 36.4 Å². The molecule has 31 heavy (non-hydrogen) atoms. The number of carbonyl (C=O) groups excluding carboxylic acids is 1. The molecule has 1 amide bonds. The lowest BCUT2D eigenvalue weighted by Crippen LogP contribution is -2.12. The average Bonchev–Trinajstić information content (AvgIpc) is 2.75. The third-order valence-corrected chi connectivity index (χ3v) is 6.36. The number of para-hydroxylation sites is 1. The fourth-order valence-electron chi connectivity index (χ4n) is 3.00. The van der Waals surface area contributed by atoms with Crippen LogP contribution in [-0.2, 0) is 19.8 Å². The van der Waals surface area contributed by atoms with Gasteiger partial charge in [0.2, 0.25) is 0 Å². The molecule has 7 heteroatoms. The van der Waals surface area contributed by atoms with Gasteiger partial charge in [-0.1, -0.05) is 30.3 Å². The maximum atomic E-state index is 12.8. The van der Waals surface area contributed by atoms with Crippen molar-refractivity contribution in [1.29, 1.82) is 0 Å². The molecule has 0 aliphatic carbocycles. The first kappa shape index (κ1) is 22.8. The molecule has 0 aliphatic heterocycles. The second-order valence-electron chi connectivity index (χ2n) is 6.70. The van der Waals surface area contributed by atoms with Gasteiger partial charge in [-0.25, -0.2) is 0 Å². The van der Waals surface area contributed by atoms with Gasteiger partial charge < -0.3 is 19.1 Å². The molecule has 0 aromatic heterocycles. The first-order valence-electron chi connectivity index (χ1n) is 10.1. The van der Waals surface area contributed by atoms with Gasteiger partial charge in [0, 0.05) is 11.3 Å². The molecule has 0 aliphatic rings. The van der Waals surface area contributed by atoms with E-state index in [1.165, 1.54) is 0 Å². The van der Waals surface area contributed by atoms with E-state index in [2.05, 4.69) is 5.32 Å². The van der Waals surface area contributed by atoms with Gasteiger partial charge in [0.25, 0.3) is 5.91 Å². The molecule has 0 spiro atoms. The Hall–Kier alpha value is -2.92. The highest BCUT2D eigenvalue weighted by Gasteiger charge is 2.24. The second-order valence-corrected chi connectivity index (χ2v) is 8.75. The first-order valence-corrected chi connectivity index (χ1v) is 11.9. The van der Waals surface area contributed by atoms with Crippen molar-refractivity contribution in [2.75, 3.05) is 18.5 Å². The summed E-state index contributed by atoms with van der Waals surface area (Å²) in [7, 11) is -3.21. The lowest BCUT2D eigenvalue weighted by molar-refractivity contribution is 0.102. The van der Waals surface area contributed by atoms with Crippen LogP contribution in [0, 0.1) is 0 Å². The number of hydrogen-bond acceptors (Lipinski definition) is 5. The summed E-state index contributed by atoms with van der Waals surface area (Å²) < 4.78 is 29.2. The summed E-state index contributed by atoms with van der Waals surface area (Å²) in [6.07, 6.45) is 0.143. The van der Waals surface area contributed by atoms with Crippen LogP contribution in [0.1, 0.15) is 29.8 Å². The van der Waals surface area contributed by atoms with E-state index >= 15 is 0 Å². The van der Waals surface area contributed by atoms with Crippen molar-refractivity contribution in [3.63, 3.8) is 0 Å². The van der Waals surface area contributed by atoms with E-state index in [-0.39, 0.29) is 12.1 Å². The number of anilines is 1. The van der Waals surface area contributed by atoms with Gasteiger partial charge in [-0.05, 0) is 67.9 Å². The van der Waals surface area contributed by atoms with E-state index < -0.39 is 7.60 Å². The van der Waals surface area contributed by atoms with Crippen molar-refractivity contribution in [3.8, 4) is 11.5 Å². The van der Waals surface area contributed by atoms with Crippen LogP contribution in [0.5, 0.6) is 11.5 Å². The summed E-state index contributed by atoms with van der Waals surface area (Å²) in [5, 5.41) is 2.87. The highest BCUT2D eigenvalue weighted by atomic mass is 31.2. The topological polar surface area (TPSA) is 73.9 Å². The first-order chi connectivity index (χ1) is 15.0. The highest BCUT2D eigenvalue weighted by Crippen LogP contribution is 2.51. The Morgan fingerprint density at radius 1 is 0.839 bits per heavy atom. The minimum Gasteiger partial charge on any atom is -0.457 e. The van der Waals surface area contributed by atoms with Crippen molar-refractivity contribution in [2.24, 2.45) is 0 Å². The van der Waals surface area contributed by atoms with E-state index in [0.717, 1.165) is 11.3 Å². The molecule has 3 rings (SSSR count). The number of carbonyl (C=O) groups is 1. The second kappa shape index (κ2) is 10.9. The van der Waals surface area contributed by atoms with Crippen molar-refractivity contribution in [1.82, 2.24) is 0 Å². The Balaban J connectivity index is 1.65. The van der Waals surface area contributed by atoms with Crippen LogP contribution >= 0.6 is 7.60 Å². The smallest absolute Gasteiger partial charge is 0.335 e. The quantitative estimate of drug-likeness (QED) is 0.365. The summed E-state index contributed by atoms with van der Waals surface area (Å²) in [5.74, 6) is 1.13. The van der Waals surface area contributed by atoms with Gasteiger partial charge in [-0.2, -0.15) is 0 Å². The third kappa shape index (κ3) is 6.79. The van der Waals surface area contributed by atoms with Crippen molar-refractivity contribution in [2.45, 2.75) is 20.0 Å². The van der Waals surface area contributed by atoms with E-state index in [0.29, 0.717) is 30.2 Å². The zero-order valence-electron chi connectivity index (χ0n) is 17.6. The van der Waals surface area contributed by atoms with Crippen LogP contribution in [0.15, 0.2) is 78.9 Å². The number of hydrogen-bond donors (Lipinski definition) is 1. The molecule has 0 atom stereocenters. The van der Waals surface area contributed by atoms with Gasteiger partial charge in [0.15, 0.2) is 0 Å². The Labute approximate surface area is 182 Å². The minimum atomic E-state index is -3.21. The number of amides is 1. The van der Waals surface area contributed by atoms with Crippen molar-refractivity contribution >= 4 is 19.2 Å². The lowest BCUT2D eigenvalue weighted by atomic mass is 10.2. The molecule has 0 saturated heterocycles. The molecule has 0 unspecified atom stereocenters. The molecule has 0 bridgehead atoms. The van der Waals surface area contributed by atoms with Crippen molar-refractivity contribution < 1.29 is 23.1 Å². The number of rotatable bonds is 10. The van der Waals surface area contributed by atoms with Crippen LogP contribution < -0.4 is 10.1 Å². The van der Waals surface area contributed by atoms with Gasteiger partial charge in [0.05, 0.1) is 19.4 Å². The van der Waals surface area contributed by atoms with Crippen molar-refractivity contribution in [3.05, 3.63) is 90.0 Å². The molecule has 3 aromatic carbocycles. The molecule has 0 fully saturated rings. The molecule has 0 heterocycles. The molecular formula is C24H26NO5P. The lowest BCUT2D eigenvalue weighted by Gasteiger charge is -2.17. The third-order valence-electron chi connectivity index (χ3n) is 4.31. The molecule has 0 saturated carbocycles. The normalized spacial score (nSPS) is 11.2. The molecule has 0 radical (unpaired) electrons. The van der Waals surface area contributed by atoms with Crippen LogP contribution in [0.2, 0.25) is 0 Å². The Morgan fingerprint density at radius 2 is 1.48 bits per heavy atom. The zero-order valence-corrected chi connectivity index (χ0v) is 18.5. The van der Waals surface area contributed by atoms with Crippen LogP contribution in [0.4, 0.5) is 5.69 Å². The molecule has 3 aromatic rings. The fraction of sp³-hybridized carbons (Fsp3) is 0.208. The predicted molar refractivity (Wildman–Crippen MR) is 122 cm³/mol. The SMILES string of the molecule is CCOP(=O)(Cc1cccc(NC(=O)c2ccc(Oc3ccccc3)cc2)c1)OCC. The van der Waals surface area contributed by atoms with E-state index in [1.54, 1.807) is 56.3 Å². The molecular weight excluding hydrogens is 413 g/mol. The largest absolute Gasteiger partial charge is 0.457 e. The van der Waals surface area contributed by atoms with Gasteiger partial charge in [-0.15, -0.1) is 0 Å². The van der Waals surface area contributed by atoms with E-state index in [4.69, 9.17) is 13.8 Å². The van der Waals surface area contributed by atoms with Crippen LogP contribution in [-0.4, -0.2) is 19.1 Å². The highest BCUT2D eigenvalue weighted by molar-refractivity contribution is 7.53. The fourth-order valence-corrected chi connectivity index (χ4v) is 4.68. The summed E-state index contributed by atoms with van der Waals surface area (Å²) in [4.78, 5) is 12.6. The summed E-state index contributed by atoms with van der Waals surface area (Å²) in [5.41, 5.74) is 1.86. The summed E-state index contributed by atoms with van der Waals surface area (Å²) in [6.45, 7) is 4.16. The monoisotopic (exact) mass is 439 g/mol. The number of benzene rings is 3. The maximum Gasteiger partial charge on any atom is 0.335 e. The predicted octanol–water partition coefficient (Wildman–Crippen LogP) is 6.50. The average molecular weight is 439 g/mol.